The molecule has 104 valence electrons. The molecule has 0 aromatic heterocycles. The largest absolute Gasteiger partial charge is 0.490 e. The summed E-state index contributed by atoms with van der Waals surface area (Å²) >= 11 is 0. The minimum absolute atomic E-state index is 0.195. The molecule has 19 heavy (non-hydrogen) atoms. The van der Waals surface area contributed by atoms with Crippen molar-refractivity contribution in [2.45, 2.75) is 31.8 Å². The van der Waals surface area contributed by atoms with Crippen molar-refractivity contribution < 1.29 is 19.7 Å². The Morgan fingerprint density at radius 3 is 2.37 bits per heavy atom. The Hall–Kier alpha value is -1.75. The lowest BCUT2D eigenvalue weighted by molar-refractivity contribution is 0.104. The van der Waals surface area contributed by atoms with Gasteiger partial charge in [0.25, 0.3) is 0 Å². The summed E-state index contributed by atoms with van der Waals surface area (Å²) in [6.07, 6.45) is 3.04. The number of rotatable bonds is 4. The molecule has 1 amide bonds. The lowest BCUT2D eigenvalue weighted by Gasteiger charge is -2.27. The molecule has 1 aromatic carbocycles. The van der Waals surface area contributed by atoms with Crippen LogP contribution in [0.2, 0.25) is 0 Å². The third-order valence-corrected chi connectivity index (χ3v) is 3.46. The number of aliphatic hydroxyl groups excluding tert-OH is 1. The Balaban J connectivity index is 1.84. The van der Waals surface area contributed by atoms with E-state index in [-0.39, 0.29) is 12.7 Å². The van der Waals surface area contributed by atoms with Crippen LogP contribution in [0.5, 0.6) is 5.75 Å². The fourth-order valence-electron chi connectivity index (χ4n) is 2.37. The van der Waals surface area contributed by atoms with Crippen LogP contribution in [0.4, 0.5) is 10.5 Å². The van der Waals surface area contributed by atoms with E-state index in [4.69, 9.17) is 14.9 Å². The normalized spacial score (nSPS) is 22.8. The standard InChI is InChI=1S/C14H19NO4/c16-9-10-1-5-12(6-2-10)19-13-7-3-11(4-8-13)15-14(17)18/h3-4,7-8,10,12,15-16H,1-2,5-6,9H2,(H,17,18). The van der Waals surface area contributed by atoms with E-state index in [2.05, 4.69) is 5.32 Å². The molecule has 5 nitrogen and oxygen atoms in total. The maximum Gasteiger partial charge on any atom is 0.409 e. The average Bonchev–Trinajstić information content (AvgIpc) is 2.41. The van der Waals surface area contributed by atoms with E-state index in [9.17, 15) is 4.79 Å². The summed E-state index contributed by atoms with van der Waals surface area (Å²) in [5, 5.41) is 19.9. The molecule has 0 unspecified atom stereocenters. The molecule has 0 spiro atoms. The van der Waals surface area contributed by atoms with Gasteiger partial charge in [-0.25, -0.2) is 4.79 Å². The quantitative estimate of drug-likeness (QED) is 0.782. The zero-order chi connectivity index (χ0) is 13.7. The van der Waals surface area contributed by atoms with Crippen LogP contribution in [0.15, 0.2) is 24.3 Å². The number of amides is 1. The zero-order valence-electron chi connectivity index (χ0n) is 10.7. The number of carbonyl (C=O) groups is 1. The van der Waals surface area contributed by atoms with E-state index in [1.165, 1.54) is 0 Å². The second-order valence-electron chi connectivity index (χ2n) is 4.90. The van der Waals surface area contributed by atoms with Crippen LogP contribution >= 0.6 is 0 Å². The molecular weight excluding hydrogens is 246 g/mol. The third-order valence-electron chi connectivity index (χ3n) is 3.46. The molecule has 1 fully saturated rings. The van der Waals surface area contributed by atoms with Gasteiger partial charge in [-0.1, -0.05) is 0 Å². The lowest BCUT2D eigenvalue weighted by atomic mass is 9.88. The number of anilines is 1. The molecule has 1 aliphatic carbocycles. The SMILES string of the molecule is O=C(O)Nc1ccc(OC2CCC(CO)CC2)cc1. The van der Waals surface area contributed by atoms with Crippen molar-refractivity contribution in [2.24, 2.45) is 5.92 Å². The third kappa shape index (κ3) is 4.13. The summed E-state index contributed by atoms with van der Waals surface area (Å²) in [4.78, 5) is 10.5. The van der Waals surface area contributed by atoms with E-state index in [1.807, 2.05) is 0 Å². The molecule has 0 aliphatic heterocycles. The van der Waals surface area contributed by atoms with Crippen molar-refractivity contribution in [2.75, 3.05) is 11.9 Å². The highest BCUT2D eigenvalue weighted by Gasteiger charge is 2.21. The second kappa shape index (κ2) is 6.43. The van der Waals surface area contributed by atoms with Gasteiger partial charge in [0, 0.05) is 12.3 Å². The first-order chi connectivity index (χ1) is 9.17. The Morgan fingerprint density at radius 1 is 1.21 bits per heavy atom. The van der Waals surface area contributed by atoms with Gasteiger partial charge in [0.05, 0.1) is 6.10 Å². The van der Waals surface area contributed by atoms with Gasteiger partial charge in [0.2, 0.25) is 0 Å². The molecule has 5 heteroatoms. The summed E-state index contributed by atoms with van der Waals surface area (Å²) < 4.78 is 5.85. The first kappa shape index (κ1) is 13.7. The van der Waals surface area contributed by atoms with Gasteiger partial charge in [-0.3, -0.25) is 5.32 Å². The van der Waals surface area contributed by atoms with Crippen molar-refractivity contribution in [1.82, 2.24) is 0 Å². The van der Waals surface area contributed by atoms with E-state index < -0.39 is 6.09 Å². The number of hydrogen-bond donors (Lipinski definition) is 3. The second-order valence-corrected chi connectivity index (χ2v) is 4.90. The Labute approximate surface area is 112 Å². The van der Waals surface area contributed by atoms with Gasteiger partial charge in [-0.2, -0.15) is 0 Å². The first-order valence-corrected chi connectivity index (χ1v) is 6.55. The number of nitrogens with one attached hydrogen (secondary N) is 1. The van der Waals surface area contributed by atoms with E-state index >= 15 is 0 Å². The van der Waals surface area contributed by atoms with Crippen molar-refractivity contribution >= 4 is 11.8 Å². The van der Waals surface area contributed by atoms with Crippen LogP contribution in [0.1, 0.15) is 25.7 Å². The van der Waals surface area contributed by atoms with Gasteiger partial charge in [-0.15, -0.1) is 0 Å². The van der Waals surface area contributed by atoms with Crippen molar-refractivity contribution in [3.05, 3.63) is 24.3 Å². The monoisotopic (exact) mass is 265 g/mol. The summed E-state index contributed by atoms with van der Waals surface area (Å²) in [6.45, 7) is 0.266. The summed E-state index contributed by atoms with van der Waals surface area (Å²) in [7, 11) is 0. The zero-order valence-corrected chi connectivity index (χ0v) is 10.7. The molecule has 1 saturated carbocycles. The average molecular weight is 265 g/mol. The molecule has 0 atom stereocenters. The van der Waals surface area contributed by atoms with Crippen LogP contribution < -0.4 is 10.1 Å². The summed E-state index contributed by atoms with van der Waals surface area (Å²) in [5.41, 5.74) is 0.531. The smallest absolute Gasteiger partial charge is 0.409 e. The summed E-state index contributed by atoms with van der Waals surface area (Å²) in [5.74, 6) is 1.17. The summed E-state index contributed by atoms with van der Waals surface area (Å²) in [6, 6.07) is 6.90. The minimum Gasteiger partial charge on any atom is -0.490 e. The molecule has 0 radical (unpaired) electrons. The predicted molar refractivity (Wildman–Crippen MR) is 71.5 cm³/mol. The Bertz CT molecular complexity index is 410. The number of aliphatic hydroxyl groups is 1. The van der Waals surface area contributed by atoms with Crippen molar-refractivity contribution in [3.8, 4) is 5.75 Å². The van der Waals surface area contributed by atoms with E-state index in [1.54, 1.807) is 24.3 Å². The topological polar surface area (TPSA) is 78.8 Å². The van der Waals surface area contributed by atoms with Gasteiger partial charge in [0.15, 0.2) is 0 Å². The molecular formula is C14H19NO4. The fraction of sp³-hybridized carbons (Fsp3) is 0.500. The fourth-order valence-corrected chi connectivity index (χ4v) is 2.37. The van der Waals surface area contributed by atoms with Crippen LogP contribution in [0.25, 0.3) is 0 Å². The molecule has 1 aromatic rings. The molecule has 2 rings (SSSR count). The molecule has 0 heterocycles. The number of hydrogen-bond acceptors (Lipinski definition) is 3. The first-order valence-electron chi connectivity index (χ1n) is 6.55. The highest BCUT2D eigenvalue weighted by atomic mass is 16.5. The minimum atomic E-state index is -1.07. The van der Waals surface area contributed by atoms with E-state index in [0.717, 1.165) is 31.4 Å². The Kier molecular flexibility index (Phi) is 4.63. The van der Waals surface area contributed by atoms with Crippen LogP contribution in [-0.2, 0) is 0 Å². The number of carboxylic acid groups (broad SMARTS) is 1. The van der Waals surface area contributed by atoms with Crippen LogP contribution in [-0.4, -0.2) is 29.0 Å². The lowest BCUT2D eigenvalue weighted by Crippen LogP contribution is -2.25. The number of ether oxygens (including phenoxy) is 1. The van der Waals surface area contributed by atoms with Crippen molar-refractivity contribution in [3.63, 3.8) is 0 Å². The van der Waals surface area contributed by atoms with Crippen LogP contribution in [0.3, 0.4) is 0 Å². The maximum absolute atomic E-state index is 10.5. The highest BCUT2D eigenvalue weighted by molar-refractivity contribution is 5.82. The molecule has 0 saturated heterocycles. The van der Waals surface area contributed by atoms with E-state index in [0.29, 0.717) is 11.6 Å². The highest BCUT2D eigenvalue weighted by Crippen LogP contribution is 2.27. The van der Waals surface area contributed by atoms with Gasteiger partial charge in [-0.05, 0) is 55.9 Å². The van der Waals surface area contributed by atoms with Gasteiger partial charge in [0.1, 0.15) is 5.75 Å². The molecule has 0 bridgehead atoms. The van der Waals surface area contributed by atoms with Crippen molar-refractivity contribution in [1.29, 1.82) is 0 Å². The molecule has 3 N–H and O–H groups in total. The predicted octanol–water partition coefficient (Wildman–Crippen LogP) is 2.71. The number of benzene rings is 1. The maximum atomic E-state index is 10.5. The molecule has 1 aliphatic rings. The Morgan fingerprint density at radius 2 is 1.84 bits per heavy atom. The van der Waals surface area contributed by atoms with Gasteiger partial charge >= 0.3 is 6.09 Å². The van der Waals surface area contributed by atoms with Gasteiger partial charge < -0.3 is 14.9 Å². The van der Waals surface area contributed by atoms with Crippen LogP contribution in [0, 0.1) is 5.92 Å².